The molecule has 0 aliphatic heterocycles. The molecule has 2 aromatic carbocycles. The van der Waals surface area contributed by atoms with Gasteiger partial charge in [0.15, 0.2) is 0 Å². The van der Waals surface area contributed by atoms with Gasteiger partial charge in [0.05, 0.1) is 0 Å². The summed E-state index contributed by atoms with van der Waals surface area (Å²) >= 11 is 0. The Bertz CT molecular complexity index is 591. The number of nitrogens with one attached hydrogen (secondary N) is 1. The van der Waals surface area contributed by atoms with Gasteiger partial charge < -0.3 is 15.0 Å². The van der Waals surface area contributed by atoms with Gasteiger partial charge in [-0.05, 0) is 56.3 Å². The Morgan fingerprint density at radius 2 is 1.58 bits per heavy atom. The molecule has 0 atom stereocenters. The largest absolute Gasteiger partial charge is 0.457 e. The molecule has 0 bridgehead atoms. The van der Waals surface area contributed by atoms with Gasteiger partial charge in [-0.3, -0.25) is 0 Å². The molecule has 3 rings (SSSR count). The van der Waals surface area contributed by atoms with Crippen LogP contribution in [0.3, 0.4) is 0 Å². The third-order valence-corrected chi connectivity index (χ3v) is 4.82. The number of rotatable bonds is 7. The summed E-state index contributed by atoms with van der Waals surface area (Å²) in [7, 11) is 2.26. The summed E-state index contributed by atoms with van der Waals surface area (Å²) in [6, 6.07) is 18.9. The van der Waals surface area contributed by atoms with E-state index in [9.17, 15) is 0 Å². The lowest BCUT2D eigenvalue weighted by Gasteiger charge is -2.31. The van der Waals surface area contributed by atoms with Crippen LogP contribution in [-0.2, 0) is 0 Å². The van der Waals surface area contributed by atoms with E-state index in [-0.39, 0.29) is 0 Å². The van der Waals surface area contributed by atoms with Crippen LogP contribution in [0.2, 0.25) is 0 Å². The first-order chi connectivity index (χ1) is 11.8. The molecule has 24 heavy (non-hydrogen) atoms. The molecule has 0 saturated heterocycles. The standard InChI is InChI=1S/C21H28N2O/c1-23(19-8-4-2-5-9-19)17-16-22-18-12-14-21(15-13-18)24-20-10-6-3-7-11-20/h3,6-7,10-15,19,22H,2,4-5,8-9,16-17H2,1H3. The van der Waals surface area contributed by atoms with Crippen LogP contribution in [0.4, 0.5) is 5.69 Å². The average Bonchev–Trinajstić information content (AvgIpc) is 2.65. The maximum Gasteiger partial charge on any atom is 0.127 e. The summed E-state index contributed by atoms with van der Waals surface area (Å²) in [5.41, 5.74) is 1.15. The van der Waals surface area contributed by atoms with Crippen LogP contribution in [0.1, 0.15) is 32.1 Å². The number of para-hydroxylation sites is 1. The Hall–Kier alpha value is -2.00. The molecule has 128 valence electrons. The highest BCUT2D eigenvalue weighted by atomic mass is 16.5. The molecule has 1 aliphatic carbocycles. The van der Waals surface area contributed by atoms with E-state index in [0.717, 1.165) is 36.3 Å². The molecule has 1 fully saturated rings. The molecule has 1 N–H and O–H groups in total. The van der Waals surface area contributed by atoms with Crippen LogP contribution in [0.15, 0.2) is 54.6 Å². The van der Waals surface area contributed by atoms with Gasteiger partial charge in [-0.1, -0.05) is 37.5 Å². The van der Waals surface area contributed by atoms with E-state index in [2.05, 4.69) is 29.4 Å². The predicted molar refractivity (Wildman–Crippen MR) is 101 cm³/mol. The van der Waals surface area contributed by atoms with Crippen LogP contribution in [-0.4, -0.2) is 31.1 Å². The number of anilines is 1. The molecule has 2 aromatic rings. The summed E-state index contributed by atoms with van der Waals surface area (Å²) < 4.78 is 5.82. The first-order valence-corrected chi connectivity index (χ1v) is 9.08. The van der Waals surface area contributed by atoms with E-state index in [1.165, 1.54) is 32.1 Å². The highest BCUT2D eigenvalue weighted by molar-refractivity contribution is 5.47. The molecule has 0 unspecified atom stereocenters. The van der Waals surface area contributed by atoms with E-state index in [4.69, 9.17) is 4.74 Å². The third-order valence-electron chi connectivity index (χ3n) is 4.82. The minimum Gasteiger partial charge on any atom is -0.457 e. The maximum atomic E-state index is 5.82. The Balaban J connectivity index is 1.42. The van der Waals surface area contributed by atoms with Crippen LogP contribution in [0.25, 0.3) is 0 Å². The van der Waals surface area contributed by atoms with E-state index in [1.807, 2.05) is 42.5 Å². The van der Waals surface area contributed by atoms with Gasteiger partial charge in [0.1, 0.15) is 11.5 Å². The van der Waals surface area contributed by atoms with Crippen molar-refractivity contribution in [3.05, 3.63) is 54.6 Å². The molecular formula is C21H28N2O. The predicted octanol–water partition coefficient (Wildman–Crippen LogP) is 5.16. The summed E-state index contributed by atoms with van der Waals surface area (Å²) in [5, 5.41) is 3.51. The molecule has 0 heterocycles. The number of hydrogen-bond acceptors (Lipinski definition) is 3. The van der Waals surface area contributed by atoms with Gasteiger partial charge in [0.2, 0.25) is 0 Å². The van der Waals surface area contributed by atoms with Gasteiger partial charge >= 0.3 is 0 Å². The molecule has 1 saturated carbocycles. The van der Waals surface area contributed by atoms with E-state index in [0.29, 0.717) is 0 Å². The van der Waals surface area contributed by atoms with Crippen molar-refractivity contribution in [2.45, 2.75) is 38.1 Å². The van der Waals surface area contributed by atoms with Crippen LogP contribution in [0.5, 0.6) is 11.5 Å². The van der Waals surface area contributed by atoms with Crippen molar-refractivity contribution in [1.29, 1.82) is 0 Å². The second-order valence-electron chi connectivity index (χ2n) is 6.64. The minimum absolute atomic E-state index is 0.780. The zero-order valence-electron chi connectivity index (χ0n) is 14.6. The van der Waals surface area contributed by atoms with Gasteiger partial charge in [0, 0.05) is 24.8 Å². The van der Waals surface area contributed by atoms with Gasteiger partial charge in [0.25, 0.3) is 0 Å². The van der Waals surface area contributed by atoms with Crippen LogP contribution >= 0.6 is 0 Å². The van der Waals surface area contributed by atoms with Crippen molar-refractivity contribution in [1.82, 2.24) is 4.90 Å². The van der Waals surface area contributed by atoms with Crippen LogP contribution < -0.4 is 10.1 Å². The van der Waals surface area contributed by atoms with E-state index < -0.39 is 0 Å². The average molecular weight is 324 g/mol. The van der Waals surface area contributed by atoms with Crippen molar-refractivity contribution < 1.29 is 4.74 Å². The Labute approximate surface area is 145 Å². The molecule has 0 spiro atoms. The SMILES string of the molecule is CN(CCNc1ccc(Oc2ccccc2)cc1)C1CCCCC1. The number of benzene rings is 2. The first-order valence-electron chi connectivity index (χ1n) is 9.08. The zero-order valence-corrected chi connectivity index (χ0v) is 14.6. The number of ether oxygens (including phenoxy) is 1. The summed E-state index contributed by atoms with van der Waals surface area (Å²) in [6.45, 7) is 2.07. The highest BCUT2D eigenvalue weighted by Gasteiger charge is 2.17. The Kier molecular flexibility index (Phi) is 6.13. The summed E-state index contributed by atoms with van der Waals surface area (Å²) in [5.74, 6) is 1.73. The summed E-state index contributed by atoms with van der Waals surface area (Å²) in [4.78, 5) is 2.51. The molecule has 0 radical (unpaired) electrons. The van der Waals surface area contributed by atoms with Gasteiger partial charge in [-0.15, -0.1) is 0 Å². The summed E-state index contributed by atoms with van der Waals surface area (Å²) in [6.07, 6.45) is 6.93. The van der Waals surface area contributed by atoms with Crippen molar-refractivity contribution in [2.75, 3.05) is 25.5 Å². The van der Waals surface area contributed by atoms with Crippen molar-refractivity contribution in [3.8, 4) is 11.5 Å². The smallest absolute Gasteiger partial charge is 0.127 e. The van der Waals surface area contributed by atoms with E-state index in [1.54, 1.807) is 0 Å². The monoisotopic (exact) mass is 324 g/mol. The normalized spacial score (nSPS) is 15.4. The van der Waals surface area contributed by atoms with Gasteiger partial charge in [-0.25, -0.2) is 0 Å². The first kappa shape index (κ1) is 16.8. The van der Waals surface area contributed by atoms with Crippen LogP contribution in [0, 0.1) is 0 Å². The number of nitrogens with zero attached hydrogens (tertiary/aromatic N) is 1. The lowest BCUT2D eigenvalue weighted by Crippen LogP contribution is -2.36. The lowest BCUT2D eigenvalue weighted by atomic mass is 9.94. The molecular weight excluding hydrogens is 296 g/mol. The third kappa shape index (κ3) is 5.00. The fourth-order valence-electron chi connectivity index (χ4n) is 3.35. The second kappa shape index (κ2) is 8.74. The fourth-order valence-corrected chi connectivity index (χ4v) is 3.35. The lowest BCUT2D eigenvalue weighted by molar-refractivity contribution is 0.198. The second-order valence-corrected chi connectivity index (χ2v) is 6.64. The molecule has 0 amide bonds. The molecule has 3 nitrogen and oxygen atoms in total. The fraction of sp³-hybridized carbons (Fsp3) is 0.429. The molecule has 3 heteroatoms. The van der Waals surface area contributed by atoms with E-state index >= 15 is 0 Å². The Morgan fingerprint density at radius 3 is 2.29 bits per heavy atom. The van der Waals surface area contributed by atoms with Crippen molar-refractivity contribution in [3.63, 3.8) is 0 Å². The zero-order chi connectivity index (χ0) is 16.6. The quantitative estimate of drug-likeness (QED) is 0.762. The van der Waals surface area contributed by atoms with Crippen molar-refractivity contribution >= 4 is 5.69 Å². The molecule has 1 aliphatic rings. The molecule has 0 aromatic heterocycles. The topological polar surface area (TPSA) is 24.5 Å². The number of likely N-dealkylation sites (N-methyl/N-ethyl adjacent to an activating group) is 1. The van der Waals surface area contributed by atoms with Gasteiger partial charge in [-0.2, -0.15) is 0 Å². The number of hydrogen-bond donors (Lipinski definition) is 1. The van der Waals surface area contributed by atoms with Crippen molar-refractivity contribution in [2.24, 2.45) is 0 Å². The minimum atomic E-state index is 0.780. The maximum absolute atomic E-state index is 5.82. The highest BCUT2D eigenvalue weighted by Crippen LogP contribution is 2.23. The Morgan fingerprint density at radius 1 is 0.917 bits per heavy atom.